The molecule has 0 aliphatic carbocycles. The molecular formula is C28H48O3SSi. The Bertz CT molecular complexity index is 747. The highest BCUT2D eigenvalue weighted by Crippen LogP contribution is 2.37. The summed E-state index contributed by atoms with van der Waals surface area (Å²) in [7, 11) is -3.45. The number of benzene rings is 1. The van der Waals surface area contributed by atoms with Gasteiger partial charge in [-0.25, -0.2) is 0 Å². The minimum absolute atomic E-state index is 0.0161. The van der Waals surface area contributed by atoms with E-state index >= 15 is 0 Å². The van der Waals surface area contributed by atoms with Gasteiger partial charge in [0.05, 0.1) is 16.6 Å². The number of allylic oxidation sites excluding steroid dienone is 1. The Hall–Kier alpha value is -1.04. The third-order valence-corrected chi connectivity index (χ3v) is 12.5. The van der Waals surface area contributed by atoms with Crippen molar-refractivity contribution < 1.29 is 13.4 Å². The van der Waals surface area contributed by atoms with Gasteiger partial charge in [-0.3, -0.25) is 9.00 Å². The predicted octanol–water partition coefficient (Wildman–Crippen LogP) is 8.15. The maximum Gasteiger partial charge on any atom is 0.193 e. The van der Waals surface area contributed by atoms with Crippen molar-refractivity contribution >= 4 is 24.9 Å². The highest BCUT2D eigenvalue weighted by atomic mass is 32.2. The Kier molecular flexibility index (Phi) is 13.7. The van der Waals surface area contributed by atoms with Gasteiger partial charge >= 0.3 is 0 Å². The van der Waals surface area contributed by atoms with Crippen LogP contribution in [0.2, 0.25) is 18.1 Å². The molecule has 2 atom stereocenters. The average Bonchev–Trinajstić information content (AvgIpc) is 2.74. The van der Waals surface area contributed by atoms with Crippen LogP contribution in [-0.2, 0) is 20.0 Å². The maximum absolute atomic E-state index is 13.1. The van der Waals surface area contributed by atoms with Gasteiger partial charge in [0.25, 0.3) is 0 Å². The van der Waals surface area contributed by atoms with Crippen molar-refractivity contribution in [1.29, 1.82) is 0 Å². The van der Waals surface area contributed by atoms with E-state index in [-0.39, 0.29) is 16.6 Å². The number of carbonyl (C=O) groups is 1. The van der Waals surface area contributed by atoms with Crippen LogP contribution >= 0.6 is 0 Å². The van der Waals surface area contributed by atoms with Gasteiger partial charge in [0.15, 0.2) is 14.1 Å². The zero-order chi connectivity index (χ0) is 24.9. The van der Waals surface area contributed by atoms with Crippen LogP contribution in [0.3, 0.4) is 0 Å². The Labute approximate surface area is 207 Å². The van der Waals surface area contributed by atoms with Gasteiger partial charge in [0, 0.05) is 4.90 Å². The monoisotopic (exact) mass is 492 g/mol. The molecule has 0 N–H and O–H groups in total. The van der Waals surface area contributed by atoms with Crippen molar-refractivity contribution in [2.45, 2.75) is 122 Å². The van der Waals surface area contributed by atoms with Crippen LogP contribution < -0.4 is 0 Å². The molecule has 0 aliphatic heterocycles. The summed E-state index contributed by atoms with van der Waals surface area (Å²) in [5, 5.41) is -0.0161. The molecule has 0 saturated heterocycles. The fourth-order valence-corrected chi connectivity index (χ4v) is 5.86. The van der Waals surface area contributed by atoms with Gasteiger partial charge in [-0.2, -0.15) is 0 Å². The standard InChI is InChI=1S/C28H48O3SSi/c1-8-9-10-11-12-13-14-15-16-17-18-26(29)27(31-33(6,7)28(3,4)5)23-32(30)25-21-19-24(2)20-22-25/h17-22,27H,8-16,23H2,1-7H3/b18-17+/t27-,32-/m1/s1. The minimum Gasteiger partial charge on any atom is -0.406 e. The summed E-state index contributed by atoms with van der Waals surface area (Å²) in [6.45, 7) is 15.0. The molecule has 5 heteroatoms. The van der Waals surface area contributed by atoms with Crippen molar-refractivity contribution in [3.63, 3.8) is 0 Å². The summed E-state index contributed by atoms with van der Waals surface area (Å²) in [5.74, 6) is 0.149. The molecular weight excluding hydrogens is 444 g/mol. The van der Waals surface area contributed by atoms with Gasteiger partial charge in [-0.1, -0.05) is 96.4 Å². The van der Waals surface area contributed by atoms with Gasteiger partial charge in [0.2, 0.25) is 0 Å². The number of aryl methyl sites for hydroxylation is 1. The Morgan fingerprint density at radius 2 is 1.55 bits per heavy atom. The summed E-state index contributed by atoms with van der Waals surface area (Å²) >= 11 is 0. The highest BCUT2D eigenvalue weighted by molar-refractivity contribution is 7.85. The van der Waals surface area contributed by atoms with Crippen molar-refractivity contribution in [3.05, 3.63) is 42.0 Å². The second-order valence-corrected chi connectivity index (χ2v) is 17.0. The van der Waals surface area contributed by atoms with E-state index < -0.39 is 25.2 Å². The fourth-order valence-electron chi connectivity index (χ4n) is 3.33. The largest absolute Gasteiger partial charge is 0.406 e. The SMILES string of the molecule is CCCCCCCCCC/C=C/C(=O)[C@@H](C[S@@](=O)c1ccc(C)cc1)O[Si](C)(C)C(C)(C)C. The third-order valence-electron chi connectivity index (χ3n) is 6.65. The van der Waals surface area contributed by atoms with Crippen LogP contribution in [0.5, 0.6) is 0 Å². The van der Waals surface area contributed by atoms with Gasteiger partial charge in [-0.15, -0.1) is 0 Å². The first-order valence-electron chi connectivity index (χ1n) is 12.8. The Balaban J connectivity index is 2.68. The van der Waals surface area contributed by atoms with Crippen LogP contribution in [0.1, 0.15) is 91.0 Å². The lowest BCUT2D eigenvalue weighted by molar-refractivity contribution is -0.120. The summed E-state index contributed by atoms with van der Waals surface area (Å²) < 4.78 is 19.5. The lowest BCUT2D eigenvalue weighted by atomic mass is 10.1. The minimum atomic E-state index is -2.18. The van der Waals surface area contributed by atoms with Gasteiger partial charge < -0.3 is 4.43 Å². The molecule has 1 rings (SSSR count). The molecule has 1 aromatic carbocycles. The van der Waals surface area contributed by atoms with Gasteiger partial charge in [-0.05, 0) is 56.1 Å². The van der Waals surface area contributed by atoms with E-state index in [9.17, 15) is 9.00 Å². The number of carbonyl (C=O) groups excluding carboxylic acids is 1. The summed E-state index contributed by atoms with van der Waals surface area (Å²) in [6, 6.07) is 7.69. The molecule has 188 valence electrons. The second kappa shape index (κ2) is 15.1. The molecule has 33 heavy (non-hydrogen) atoms. The van der Waals surface area contributed by atoms with E-state index in [1.165, 1.54) is 44.9 Å². The fraction of sp³-hybridized carbons (Fsp3) is 0.679. The molecule has 0 radical (unpaired) electrons. The van der Waals surface area contributed by atoms with E-state index in [2.05, 4.69) is 40.8 Å². The Morgan fingerprint density at radius 3 is 2.09 bits per heavy atom. The molecule has 0 fully saturated rings. The summed E-state index contributed by atoms with van der Waals surface area (Å²) in [6.07, 6.45) is 14.1. The van der Waals surface area contributed by atoms with Crippen molar-refractivity contribution in [1.82, 2.24) is 0 Å². The number of hydrogen-bond donors (Lipinski definition) is 0. The summed E-state index contributed by atoms with van der Waals surface area (Å²) in [4.78, 5) is 13.8. The van der Waals surface area contributed by atoms with Gasteiger partial charge in [0.1, 0.15) is 6.10 Å². The summed E-state index contributed by atoms with van der Waals surface area (Å²) in [5.41, 5.74) is 1.13. The molecule has 0 amide bonds. The molecule has 0 saturated carbocycles. The van der Waals surface area contributed by atoms with Crippen molar-refractivity contribution in [2.75, 3.05) is 5.75 Å². The normalized spacial score (nSPS) is 14.5. The smallest absolute Gasteiger partial charge is 0.193 e. The molecule has 0 unspecified atom stereocenters. The average molecular weight is 493 g/mol. The van der Waals surface area contributed by atoms with E-state index in [0.717, 1.165) is 23.3 Å². The first-order chi connectivity index (χ1) is 15.5. The molecule has 0 aliphatic rings. The maximum atomic E-state index is 13.1. The molecule has 0 spiro atoms. The topological polar surface area (TPSA) is 43.4 Å². The van der Waals surface area contributed by atoms with E-state index in [0.29, 0.717) is 0 Å². The van der Waals surface area contributed by atoms with E-state index in [4.69, 9.17) is 4.43 Å². The molecule has 0 heterocycles. The number of ketones is 1. The number of hydrogen-bond acceptors (Lipinski definition) is 3. The lowest BCUT2D eigenvalue weighted by Gasteiger charge is -2.38. The second-order valence-electron chi connectivity index (χ2n) is 10.8. The third kappa shape index (κ3) is 11.8. The zero-order valence-electron chi connectivity index (χ0n) is 22.2. The number of unbranched alkanes of at least 4 members (excludes halogenated alkanes) is 8. The quantitative estimate of drug-likeness (QED) is 0.133. The van der Waals surface area contributed by atoms with Crippen molar-refractivity contribution in [2.24, 2.45) is 0 Å². The first-order valence-corrected chi connectivity index (χ1v) is 17.0. The lowest BCUT2D eigenvalue weighted by Crippen LogP contribution is -2.47. The van der Waals surface area contributed by atoms with Crippen LogP contribution in [0.4, 0.5) is 0 Å². The first kappa shape index (κ1) is 30.0. The highest BCUT2D eigenvalue weighted by Gasteiger charge is 2.40. The molecule has 3 nitrogen and oxygen atoms in total. The van der Waals surface area contributed by atoms with E-state index in [1.54, 1.807) is 6.08 Å². The van der Waals surface area contributed by atoms with E-state index in [1.807, 2.05) is 37.3 Å². The van der Waals surface area contributed by atoms with Crippen LogP contribution in [0, 0.1) is 6.92 Å². The molecule has 0 aromatic heterocycles. The van der Waals surface area contributed by atoms with Crippen molar-refractivity contribution in [3.8, 4) is 0 Å². The van der Waals surface area contributed by atoms with Crippen LogP contribution in [0.15, 0.2) is 41.3 Å². The molecule has 1 aromatic rings. The zero-order valence-corrected chi connectivity index (χ0v) is 24.1. The number of rotatable bonds is 16. The van der Waals surface area contributed by atoms with Crippen LogP contribution in [-0.4, -0.2) is 30.2 Å². The molecule has 0 bridgehead atoms. The Morgan fingerprint density at radius 1 is 1.00 bits per heavy atom. The predicted molar refractivity (Wildman–Crippen MR) is 146 cm³/mol. The van der Waals surface area contributed by atoms with Crippen LogP contribution in [0.25, 0.3) is 0 Å².